The molecule has 3 N–H and O–H groups in total. The van der Waals surface area contributed by atoms with Gasteiger partial charge in [0.25, 0.3) is 0 Å². The van der Waals surface area contributed by atoms with Gasteiger partial charge in [0.1, 0.15) is 77.5 Å². The summed E-state index contributed by atoms with van der Waals surface area (Å²) in [5.41, 5.74) is 0.185. The SMILES string of the molecule is O=C(O)c1cc(=O)c2c(OCc3ccccc3)cc(OCC(O)COc3cc(OCc4ccccc4)c4c(=O)cc(C(=O)O)oc4c3)cc2o1. The second-order valence-corrected chi connectivity index (χ2v) is 11.0. The molecule has 2 aromatic heterocycles. The van der Waals surface area contributed by atoms with Crippen molar-refractivity contribution < 1.29 is 52.7 Å². The quantitative estimate of drug-likeness (QED) is 0.135. The standard InChI is InChI=1S/C37H28O13/c38-23(19-45-24-11-28(47-17-21-7-3-1-4-8-21)34-26(39)15-32(36(41)42)49-30(34)13-24)20-46-25-12-29(48-18-22-9-5-2-6-10-22)35-27(40)16-33(37(43)44)50-31(35)14-25/h1-16,23,38H,17-20H2,(H,41,42)(H,43,44). The van der Waals surface area contributed by atoms with Gasteiger partial charge in [-0.1, -0.05) is 60.7 Å². The summed E-state index contributed by atoms with van der Waals surface area (Å²) in [5.74, 6) is -3.64. The van der Waals surface area contributed by atoms with E-state index < -0.39 is 40.4 Å². The molecule has 254 valence electrons. The van der Waals surface area contributed by atoms with Gasteiger partial charge in [0.2, 0.25) is 11.5 Å². The van der Waals surface area contributed by atoms with E-state index in [0.29, 0.717) is 0 Å². The minimum atomic E-state index is -1.43. The fourth-order valence-corrected chi connectivity index (χ4v) is 4.97. The lowest BCUT2D eigenvalue weighted by Gasteiger charge is -2.16. The van der Waals surface area contributed by atoms with Crippen molar-refractivity contribution in [1.82, 2.24) is 0 Å². The van der Waals surface area contributed by atoms with Crippen LogP contribution in [-0.2, 0) is 13.2 Å². The highest BCUT2D eigenvalue weighted by atomic mass is 16.5. The smallest absolute Gasteiger partial charge is 0.371 e. The van der Waals surface area contributed by atoms with Crippen molar-refractivity contribution in [3.8, 4) is 23.0 Å². The normalized spacial score (nSPS) is 11.1. The molecular formula is C37H28O13. The number of aromatic carboxylic acids is 2. The number of carbonyl (C=O) groups is 2. The van der Waals surface area contributed by atoms with Crippen LogP contribution < -0.4 is 29.8 Å². The van der Waals surface area contributed by atoms with Gasteiger partial charge in [-0.05, 0) is 11.1 Å². The van der Waals surface area contributed by atoms with Crippen LogP contribution in [0.2, 0.25) is 0 Å². The molecule has 4 aromatic carbocycles. The molecule has 0 spiro atoms. The molecule has 0 atom stereocenters. The van der Waals surface area contributed by atoms with Crippen LogP contribution in [0, 0.1) is 0 Å². The molecule has 0 amide bonds. The summed E-state index contributed by atoms with van der Waals surface area (Å²) in [6, 6.07) is 25.5. The van der Waals surface area contributed by atoms with Crippen molar-refractivity contribution in [2.75, 3.05) is 13.2 Å². The molecule has 0 saturated carbocycles. The number of rotatable bonds is 14. The Morgan fingerprint density at radius 2 is 0.980 bits per heavy atom. The van der Waals surface area contributed by atoms with E-state index in [1.54, 1.807) is 0 Å². The summed E-state index contributed by atoms with van der Waals surface area (Å²) in [4.78, 5) is 48.8. The third-order valence-corrected chi connectivity index (χ3v) is 7.32. The van der Waals surface area contributed by atoms with Gasteiger partial charge in [0, 0.05) is 36.4 Å². The predicted octanol–water partition coefficient (Wildman–Crippen LogP) is 5.27. The molecule has 2 heterocycles. The Bertz CT molecular complexity index is 2130. The van der Waals surface area contributed by atoms with Crippen molar-refractivity contribution in [2.45, 2.75) is 19.3 Å². The summed E-state index contributed by atoms with van der Waals surface area (Å²) in [6.45, 7) is -0.467. The first-order valence-corrected chi connectivity index (χ1v) is 15.1. The van der Waals surface area contributed by atoms with Crippen molar-refractivity contribution in [2.24, 2.45) is 0 Å². The fraction of sp³-hybridized carbons (Fsp3) is 0.135. The molecule has 0 aliphatic rings. The largest absolute Gasteiger partial charge is 0.490 e. The Labute approximate surface area is 282 Å². The van der Waals surface area contributed by atoms with Gasteiger partial charge in [-0.2, -0.15) is 0 Å². The maximum absolute atomic E-state index is 12.9. The van der Waals surface area contributed by atoms with Gasteiger partial charge in [0.15, 0.2) is 10.9 Å². The molecule has 50 heavy (non-hydrogen) atoms. The molecular weight excluding hydrogens is 652 g/mol. The summed E-state index contributed by atoms with van der Waals surface area (Å²) in [7, 11) is 0. The zero-order chi connectivity index (χ0) is 35.2. The molecule has 0 unspecified atom stereocenters. The Kier molecular flexibility index (Phi) is 9.77. The molecule has 0 bridgehead atoms. The number of hydrogen-bond acceptors (Lipinski definition) is 11. The maximum atomic E-state index is 12.9. The summed E-state index contributed by atoms with van der Waals surface area (Å²) >= 11 is 0. The first-order valence-electron chi connectivity index (χ1n) is 15.1. The van der Waals surface area contributed by atoms with Crippen LogP contribution in [0.3, 0.4) is 0 Å². The van der Waals surface area contributed by atoms with Crippen LogP contribution in [0.15, 0.2) is 115 Å². The molecule has 6 rings (SSSR count). The second-order valence-electron chi connectivity index (χ2n) is 11.0. The summed E-state index contributed by atoms with van der Waals surface area (Å²) in [5, 5.41) is 29.6. The van der Waals surface area contributed by atoms with Gasteiger partial charge in [-0.15, -0.1) is 0 Å². The van der Waals surface area contributed by atoms with Crippen LogP contribution in [0.1, 0.15) is 32.2 Å². The third kappa shape index (κ3) is 7.75. The number of carboxylic acid groups (broad SMARTS) is 2. The zero-order valence-electron chi connectivity index (χ0n) is 26.1. The van der Waals surface area contributed by atoms with E-state index in [1.165, 1.54) is 24.3 Å². The number of fused-ring (bicyclic) bond motifs is 2. The molecule has 0 radical (unpaired) electrons. The highest BCUT2D eigenvalue weighted by Gasteiger charge is 2.19. The van der Waals surface area contributed by atoms with E-state index in [2.05, 4.69) is 0 Å². The van der Waals surface area contributed by atoms with Crippen LogP contribution >= 0.6 is 0 Å². The van der Waals surface area contributed by atoms with Crippen molar-refractivity contribution in [3.05, 3.63) is 140 Å². The van der Waals surface area contributed by atoms with Gasteiger partial charge in [0.05, 0.1) is 0 Å². The lowest BCUT2D eigenvalue weighted by molar-refractivity contribution is 0.0624. The first kappa shape index (κ1) is 33.3. The lowest BCUT2D eigenvalue weighted by Crippen LogP contribution is -2.25. The molecule has 6 aromatic rings. The van der Waals surface area contributed by atoms with Crippen LogP contribution in [0.4, 0.5) is 0 Å². The van der Waals surface area contributed by atoms with Crippen LogP contribution in [-0.4, -0.2) is 46.6 Å². The molecule has 13 nitrogen and oxygen atoms in total. The van der Waals surface area contributed by atoms with E-state index in [-0.39, 0.29) is 71.4 Å². The number of carboxylic acids is 2. The number of ether oxygens (including phenoxy) is 4. The van der Waals surface area contributed by atoms with Gasteiger partial charge in [-0.25, -0.2) is 9.59 Å². The topological polar surface area (TPSA) is 192 Å². The minimum Gasteiger partial charge on any atom is -0.490 e. The molecule has 0 saturated heterocycles. The van der Waals surface area contributed by atoms with Crippen LogP contribution in [0.25, 0.3) is 21.9 Å². The third-order valence-electron chi connectivity index (χ3n) is 7.32. The Hall–Kier alpha value is -6.60. The highest BCUT2D eigenvalue weighted by Crippen LogP contribution is 2.32. The average Bonchev–Trinajstić information content (AvgIpc) is 3.11. The number of benzene rings is 4. The monoisotopic (exact) mass is 680 g/mol. The van der Waals surface area contributed by atoms with Crippen molar-refractivity contribution in [1.29, 1.82) is 0 Å². The molecule has 0 fully saturated rings. The lowest BCUT2D eigenvalue weighted by atomic mass is 10.1. The number of aliphatic hydroxyl groups excluding tert-OH is 1. The van der Waals surface area contributed by atoms with E-state index in [0.717, 1.165) is 23.3 Å². The Morgan fingerprint density at radius 3 is 1.36 bits per heavy atom. The van der Waals surface area contributed by atoms with E-state index in [1.807, 2.05) is 60.7 Å². The van der Waals surface area contributed by atoms with Gasteiger partial charge in [-0.3, -0.25) is 9.59 Å². The second kappa shape index (κ2) is 14.7. The first-order chi connectivity index (χ1) is 24.1. The maximum Gasteiger partial charge on any atom is 0.371 e. The molecule has 13 heteroatoms. The summed E-state index contributed by atoms with van der Waals surface area (Å²) < 4.78 is 34.3. The van der Waals surface area contributed by atoms with E-state index >= 15 is 0 Å². The van der Waals surface area contributed by atoms with Crippen molar-refractivity contribution in [3.63, 3.8) is 0 Å². The fourth-order valence-electron chi connectivity index (χ4n) is 4.97. The number of hydrogen-bond donors (Lipinski definition) is 3. The average molecular weight is 681 g/mol. The van der Waals surface area contributed by atoms with Gasteiger partial charge < -0.3 is 43.1 Å². The molecule has 0 aliphatic carbocycles. The predicted molar refractivity (Wildman–Crippen MR) is 177 cm³/mol. The van der Waals surface area contributed by atoms with E-state index in [4.69, 9.17) is 27.8 Å². The van der Waals surface area contributed by atoms with Crippen molar-refractivity contribution >= 4 is 33.9 Å². The minimum absolute atomic E-state index is 0.0152. The Balaban J connectivity index is 1.21. The van der Waals surface area contributed by atoms with Crippen LogP contribution in [0.5, 0.6) is 23.0 Å². The molecule has 0 aliphatic heterocycles. The van der Waals surface area contributed by atoms with E-state index in [9.17, 15) is 34.5 Å². The zero-order valence-corrected chi connectivity index (χ0v) is 26.1. The van der Waals surface area contributed by atoms with Gasteiger partial charge >= 0.3 is 11.9 Å². The Morgan fingerprint density at radius 1 is 0.580 bits per heavy atom. The number of aliphatic hydroxyl groups is 1. The summed E-state index contributed by atoms with van der Waals surface area (Å²) in [6.07, 6.45) is -1.24. The highest BCUT2D eigenvalue weighted by molar-refractivity contribution is 5.91.